The van der Waals surface area contributed by atoms with Crippen molar-refractivity contribution < 1.29 is 43.6 Å². The Morgan fingerprint density at radius 3 is 1.59 bits per heavy atom. The molecule has 2 aliphatic rings. The Balaban J connectivity index is 0.000000681. The molecule has 2 N–H and O–H groups in total. The molecule has 41 heavy (non-hydrogen) atoms. The van der Waals surface area contributed by atoms with E-state index in [0.717, 1.165) is 19.3 Å². The van der Waals surface area contributed by atoms with Gasteiger partial charge in [0.1, 0.15) is 17.8 Å². The van der Waals surface area contributed by atoms with Crippen LogP contribution in [0.3, 0.4) is 0 Å². The number of carboxylic acids is 1. The molecule has 2 rings (SSSR count). The van der Waals surface area contributed by atoms with E-state index in [0.29, 0.717) is 26.1 Å². The third-order valence-electron chi connectivity index (χ3n) is 5.73. The SMILES string of the molecule is C/C=C\CO.C/C=C\COC(=O)C1CCCN(C(=O)OC(C)(C)C)C1.CC(C)(C)OC(=O)N1CCCC(C(=O)O)C1. The van der Waals surface area contributed by atoms with Crippen molar-refractivity contribution in [2.24, 2.45) is 11.8 Å². The molecule has 0 bridgehead atoms. The van der Waals surface area contributed by atoms with Gasteiger partial charge in [-0.3, -0.25) is 9.59 Å². The summed E-state index contributed by atoms with van der Waals surface area (Å²) in [6.07, 6.45) is 9.23. The van der Waals surface area contributed by atoms with Gasteiger partial charge in [0.25, 0.3) is 0 Å². The number of piperidine rings is 2. The van der Waals surface area contributed by atoms with E-state index in [9.17, 15) is 19.2 Å². The predicted molar refractivity (Wildman–Crippen MR) is 156 cm³/mol. The molecular weight excluding hydrogens is 532 g/mol. The van der Waals surface area contributed by atoms with Crippen LogP contribution >= 0.6 is 0 Å². The average molecular weight is 585 g/mol. The summed E-state index contributed by atoms with van der Waals surface area (Å²) in [5.74, 6) is -1.78. The molecule has 0 aromatic rings. The van der Waals surface area contributed by atoms with Crippen LogP contribution in [0.1, 0.15) is 81.1 Å². The number of carboxylic acid groups (broad SMARTS) is 1. The number of aliphatic carboxylic acids is 1. The van der Waals surface area contributed by atoms with Gasteiger partial charge in [-0.1, -0.05) is 24.3 Å². The molecule has 0 aliphatic carbocycles. The van der Waals surface area contributed by atoms with Crippen LogP contribution in [0.2, 0.25) is 0 Å². The minimum Gasteiger partial charge on any atom is -0.481 e. The minimum atomic E-state index is -0.840. The Hall–Kier alpha value is -3.08. The van der Waals surface area contributed by atoms with E-state index in [1.165, 1.54) is 4.90 Å². The van der Waals surface area contributed by atoms with Crippen LogP contribution in [0.25, 0.3) is 0 Å². The van der Waals surface area contributed by atoms with Gasteiger partial charge in [0.15, 0.2) is 0 Å². The number of ether oxygens (including phenoxy) is 3. The van der Waals surface area contributed by atoms with E-state index >= 15 is 0 Å². The topological polar surface area (TPSA) is 143 Å². The molecule has 2 unspecified atom stereocenters. The van der Waals surface area contributed by atoms with E-state index in [-0.39, 0.29) is 37.7 Å². The molecule has 2 atom stereocenters. The van der Waals surface area contributed by atoms with Crippen molar-refractivity contribution in [1.29, 1.82) is 0 Å². The molecule has 0 saturated carbocycles. The van der Waals surface area contributed by atoms with Crippen LogP contribution in [0, 0.1) is 11.8 Å². The highest BCUT2D eigenvalue weighted by Crippen LogP contribution is 2.21. The van der Waals surface area contributed by atoms with E-state index in [1.807, 2.05) is 40.7 Å². The first-order chi connectivity index (χ1) is 19.0. The largest absolute Gasteiger partial charge is 0.481 e. The zero-order valence-corrected chi connectivity index (χ0v) is 26.2. The summed E-state index contributed by atoms with van der Waals surface area (Å²) in [6, 6.07) is 0. The summed E-state index contributed by atoms with van der Waals surface area (Å²) >= 11 is 0. The molecule has 2 aliphatic heterocycles. The van der Waals surface area contributed by atoms with Gasteiger partial charge in [-0.2, -0.15) is 0 Å². The highest BCUT2D eigenvalue weighted by Gasteiger charge is 2.32. The highest BCUT2D eigenvalue weighted by molar-refractivity contribution is 5.75. The molecule has 2 amide bonds. The number of likely N-dealkylation sites (tertiary alicyclic amines) is 2. The summed E-state index contributed by atoms with van der Waals surface area (Å²) in [5, 5.41) is 16.9. The van der Waals surface area contributed by atoms with Crippen LogP contribution in [-0.2, 0) is 23.8 Å². The van der Waals surface area contributed by atoms with Crippen molar-refractivity contribution in [3.8, 4) is 0 Å². The summed E-state index contributed by atoms with van der Waals surface area (Å²) in [5.41, 5.74) is -1.05. The average Bonchev–Trinajstić information content (AvgIpc) is 2.88. The molecule has 11 nitrogen and oxygen atoms in total. The zero-order chi connectivity index (χ0) is 31.6. The summed E-state index contributed by atoms with van der Waals surface area (Å²) in [4.78, 5) is 49.5. The Kier molecular flexibility index (Phi) is 17.7. The van der Waals surface area contributed by atoms with Gasteiger partial charge in [-0.05, 0) is 81.1 Å². The Labute approximate surface area is 245 Å². The van der Waals surface area contributed by atoms with Gasteiger partial charge in [-0.15, -0.1) is 0 Å². The van der Waals surface area contributed by atoms with Crippen LogP contribution < -0.4 is 0 Å². The number of esters is 1. The lowest BCUT2D eigenvalue weighted by Gasteiger charge is -2.33. The molecule has 2 fully saturated rings. The first kappa shape index (κ1) is 37.9. The minimum absolute atomic E-state index is 0.163. The van der Waals surface area contributed by atoms with Crippen molar-refractivity contribution in [3.63, 3.8) is 0 Å². The highest BCUT2D eigenvalue weighted by atomic mass is 16.6. The second-order valence-corrected chi connectivity index (χ2v) is 11.8. The van der Waals surface area contributed by atoms with Gasteiger partial charge in [0.2, 0.25) is 0 Å². The molecule has 236 valence electrons. The number of hydrogen-bond donors (Lipinski definition) is 2. The molecular formula is C30H52N2O9. The van der Waals surface area contributed by atoms with Gasteiger partial charge >= 0.3 is 24.1 Å². The number of allylic oxidation sites excluding steroid dienone is 2. The third-order valence-corrected chi connectivity index (χ3v) is 5.73. The zero-order valence-electron chi connectivity index (χ0n) is 26.2. The number of carbonyl (C=O) groups excluding carboxylic acids is 3. The lowest BCUT2D eigenvalue weighted by molar-refractivity contribution is -0.149. The summed E-state index contributed by atoms with van der Waals surface area (Å²) < 4.78 is 15.7. The molecule has 0 aromatic heterocycles. The third kappa shape index (κ3) is 18.1. The Bertz CT molecular complexity index is 872. The lowest BCUT2D eigenvalue weighted by Crippen LogP contribution is -2.45. The molecule has 2 saturated heterocycles. The van der Waals surface area contributed by atoms with Crippen molar-refractivity contribution >= 4 is 24.1 Å². The predicted octanol–water partition coefficient (Wildman–Crippen LogP) is 5.03. The lowest BCUT2D eigenvalue weighted by atomic mass is 9.98. The van der Waals surface area contributed by atoms with E-state index < -0.39 is 29.2 Å². The Morgan fingerprint density at radius 1 is 0.780 bits per heavy atom. The monoisotopic (exact) mass is 584 g/mol. The first-order valence-corrected chi connectivity index (χ1v) is 14.2. The van der Waals surface area contributed by atoms with Crippen LogP contribution in [0.4, 0.5) is 9.59 Å². The van der Waals surface area contributed by atoms with Crippen LogP contribution in [0.5, 0.6) is 0 Å². The normalized spacial score (nSPS) is 19.4. The maximum absolute atomic E-state index is 12.0. The number of aliphatic hydroxyl groups is 1. The number of rotatable bonds is 5. The fourth-order valence-corrected chi connectivity index (χ4v) is 3.78. The van der Waals surface area contributed by atoms with E-state index in [2.05, 4.69) is 0 Å². The summed E-state index contributed by atoms with van der Waals surface area (Å²) in [6.45, 7) is 16.9. The van der Waals surface area contributed by atoms with Gasteiger partial charge in [0.05, 0.1) is 18.4 Å². The molecule has 11 heteroatoms. The maximum atomic E-state index is 12.0. The van der Waals surface area contributed by atoms with Crippen LogP contribution in [-0.4, -0.2) is 94.7 Å². The van der Waals surface area contributed by atoms with Gasteiger partial charge in [-0.25, -0.2) is 9.59 Å². The molecule has 0 aromatic carbocycles. The van der Waals surface area contributed by atoms with Crippen molar-refractivity contribution in [1.82, 2.24) is 9.80 Å². The second-order valence-electron chi connectivity index (χ2n) is 11.8. The van der Waals surface area contributed by atoms with Crippen molar-refractivity contribution in [3.05, 3.63) is 24.3 Å². The summed E-state index contributed by atoms with van der Waals surface area (Å²) in [7, 11) is 0. The standard InChI is InChI=1S/C15H25NO4.C11H19NO4.C4H8O/c1-5-6-10-19-13(17)12-8-7-9-16(11-12)14(18)20-15(2,3)4;1-11(2,3)16-10(15)12-6-4-5-8(7-12)9(13)14;1-2-3-4-5/h5-6,12H,7-11H2,1-4H3;8H,4-7H2,1-3H3,(H,13,14);2-3,5H,4H2,1H3/b6-5-;;3-2-. The number of hydrogen-bond acceptors (Lipinski definition) is 8. The fraction of sp³-hybridized carbons (Fsp3) is 0.733. The number of amides is 2. The maximum Gasteiger partial charge on any atom is 0.410 e. The number of nitrogens with zero attached hydrogens (tertiary/aromatic N) is 2. The Morgan fingerprint density at radius 2 is 1.22 bits per heavy atom. The van der Waals surface area contributed by atoms with Crippen molar-refractivity contribution in [2.45, 2.75) is 92.3 Å². The molecule has 0 radical (unpaired) electrons. The van der Waals surface area contributed by atoms with Gasteiger partial charge in [0, 0.05) is 26.2 Å². The number of aliphatic hydroxyl groups excluding tert-OH is 1. The fourth-order valence-electron chi connectivity index (χ4n) is 3.78. The molecule has 0 spiro atoms. The van der Waals surface area contributed by atoms with E-state index in [1.54, 1.807) is 43.9 Å². The van der Waals surface area contributed by atoms with Gasteiger partial charge < -0.3 is 34.2 Å². The van der Waals surface area contributed by atoms with Crippen molar-refractivity contribution in [2.75, 3.05) is 39.4 Å². The number of carbonyl (C=O) groups is 4. The second kappa shape index (κ2) is 19.1. The quantitative estimate of drug-likeness (QED) is 0.258. The smallest absolute Gasteiger partial charge is 0.410 e. The first-order valence-electron chi connectivity index (χ1n) is 14.2. The molecule has 2 heterocycles. The van der Waals surface area contributed by atoms with E-state index in [4.69, 9.17) is 24.4 Å². The van der Waals surface area contributed by atoms with Crippen LogP contribution in [0.15, 0.2) is 24.3 Å².